The molecule has 0 aliphatic carbocycles. The number of nitrogens with one attached hydrogen (secondary N) is 1. The molecule has 4 aromatic rings. The molecule has 1 amide bonds. The topological polar surface area (TPSA) is 67.2 Å². The number of benzene rings is 2. The van der Waals surface area contributed by atoms with Crippen molar-refractivity contribution in [3.05, 3.63) is 94.4 Å². The average molecular weight is 481 g/mol. The van der Waals surface area contributed by atoms with Gasteiger partial charge in [-0.2, -0.15) is 0 Å². The highest BCUT2D eigenvalue weighted by Gasteiger charge is 2.19. The number of pyridine rings is 2. The zero-order chi connectivity index (χ0) is 24.9. The van der Waals surface area contributed by atoms with Crippen LogP contribution in [0.4, 0.5) is 11.5 Å². The van der Waals surface area contributed by atoms with E-state index in [2.05, 4.69) is 9.88 Å². The zero-order valence-electron chi connectivity index (χ0n) is 20.7. The Labute approximate surface area is 211 Å². The van der Waals surface area contributed by atoms with Gasteiger partial charge < -0.3 is 10.2 Å². The molecule has 0 radical (unpaired) electrons. The minimum atomic E-state index is -0.0969. The van der Waals surface area contributed by atoms with E-state index in [1.807, 2.05) is 78.6 Å². The number of likely N-dealkylation sites (tertiary alicyclic amines) is 1. The summed E-state index contributed by atoms with van der Waals surface area (Å²) in [5.74, 6) is 0.834. The molecule has 6 heteroatoms. The molecular weight excluding hydrogens is 448 g/mol. The Bertz CT molecular complexity index is 1410. The van der Waals surface area contributed by atoms with E-state index < -0.39 is 0 Å². The quantitative estimate of drug-likeness (QED) is 0.380. The Balaban J connectivity index is 1.58. The van der Waals surface area contributed by atoms with E-state index in [0.29, 0.717) is 29.7 Å². The number of anilines is 2. The number of aromatic nitrogens is 2. The van der Waals surface area contributed by atoms with Gasteiger partial charge in [-0.1, -0.05) is 49.2 Å². The average Bonchev–Trinajstić information content (AvgIpc) is 3.18. The van der Waals surface area contributed by atoms with Crippen LogP contribution >= 0.6 is 0 Å². The smallest absolute Gasteiger partial charge is 0.222 e. The Morgan fingerprint density at radius 1 is 0.917 bits per heavy atom. The predicted molar refractivity (Wildman–Crippen MR) is 145 cm³/mol. The lowest BCUT2D eigenvalue weighted by Gasteiger charge is -2.21. The first-order valence-electron chi connectivity index (χ1n) is 12.8. The number of amides is 1. The molecule has 5 rings (SSSR count). The molecule has 36 heavy (non-hydrogen) atoms. The van der Waals surface area contributed by atoms with Gasteiger partial charge in [0.15, 0.2) is 5.43 Å². The van der Waals surface area contributed by atoms with Gasteiger partial charge >= 0.3 is 0 Å². The molecule has 3 heterocycles. The molecule has 184 valence electrons. The number of hydrogen-bond acceptors (Lipinski definition) is 4. The van der Waals surface area contributed by atoms with Crippen LogP contribution in [0.2, 0.25) is 0 Å². The fourth-order valence-corrected chi connectivity index (χ4v) is 5.06. The maximum atomic E-state index is 13.5. The maximum absolute atomic E-state index is 13.5. The molecule has 1 fully saturated rings. The second-order valence-corrected chi connectivity index (χ2v) is 9.46. The fraction of sp³-hybridized carbons (Fsp3) is 0.300. The second-order valence-electron chi connectivity index (χ2n) is 9.46. The number of para-hydroxylation sites is 2. The molecule has 0 atom stereocenters. The van der Waals surface area contributed by atoms with Crippen molar-refractivity contribution in [3.8, 4) is 5.69 Å². The number of rotatable bonds is 6. The molecule has 0 bridgehead atoms. The Morgan fingerprint density at radius 2 is 1.58 bits per heavy atom. The number of hydrogen-bond donors (Lipinski definition) is 1. The highest BCUT2D eigenvalue weighted by molar-refractivity contribution is 5.87. The van der Waals surface area contributed by atoms with Gasteiger partial charge in [0.2, 0.25) is 5.91 Å². The van der Waals surface area contributed by atoms with Crippen LogP contribution in [0.15, 0.2) is 77.6 Å². The van der Waals surface area contributed by atoms with E-state index in [4.69, 9.17) is 4.98 Å². The van der Waals surface area contributed by atoms with Crippen molar-refractivity contribution in [1.29, 1.82) is 0 Å². The predicted octanol–water partition coefficient (Wildman–Crippen LogP) is 5.77. The van der Waals surface area contributed by atoms with Crippen molar-refractivity contribution >= 4 is 28.3 Å². The summed E-state index contributed by atoms with van der Waals surface area (Å²) in [5.41, 5.74) is 4.04. The number of carbonyl (C=O) groups excluding carboxylic acids is 1. The lowest BCUT2D eigenvalue weighted by molar-refractivity contribution is -0.131. The van der Waals surface area contributed by atoms with Gasteiger partial charge in [0.05, 0.1) is 16.6 Å². The van der Waals surface area contributed by atoms with Crippen LogP contribution < -0.4 is 10.7 Å². The Hall–Kier alpha value is -3.93. The van der Waals surface area contributed by atoms with Gasteiger partial charge in [-0.05, 0) is 56.5 Å². The van der Waals surface area contributed by atoms with Crippen molar-refractivity contribution in [2.45, 2.75) is 45.4 Å². The number of carbonyl (C=O) groups is 1. The third-order valence-electron chi connectivity index (χ3n) is 6.79. The zero-order valence-corrected chi connectivity index (χ0v) is 20.7. The maximum Gasteiger partial charge on any atom is 0.222 e. The van der Waals surface area contributed by atoms with Crippen molar-refractivity contribution in [3.63, 3.8) is 0 Å². The Morgan fingerprint density at radius 3 is 2.28 bits per heavy atom. The highest BCUT2D eigenvalue weighted by Crippen LogP contribution is 2.27. The summed E-state index contributed by atoms with van der Waals surface area (Å²) in [6, 6.07) is 23.4. The van der Waals surface area contributed by atoms with Crippen molar-refractivity contribution in [2.75, 3.05) is 18.4 Å². The standard InChI is InChI=1S/C30H32N4O2/c1-22-20-26-30(25(31-22)16-17-29(36)33-18-10-2-3-11-19-33)27(35)21-28(32-23-12-6-4-7-13-23)34(26)24-14-8-5-9-15-24/h4-9,12-15,20-21,32H,2-3,10-11,16-19H2,1H3. The first-order chi connectivity index (χ1) is 17.6. The van der Waals surface area contributed by atoms with Crippen molar-refractivity contribution < 1.29 is 4.79 Å². The third kappa shape index (κ3) is 5.18. The van der Waals surface area contributed by atoms with Crippen molar-refractivity contribution in [1.82, 2.24) is 14.5 Å². The molecule has 2 aromatic heterocycles. The molecule has 0 saturated carbocycles. The highest BCUT2D eigenvalue weighted by atomic mass is 16.2. The van der Waals surface area contributed by atoms with Crippen LogP contribution in [0.5, 0.6) is 0 Å². The second kappa shape index (κ2) is 10.8. The summed E-state index contributed by atoms with van der Waals surface area (Å²) in [5, 5.41) is 4.00. The molecule has 1 aliphatic heterocycles. The first kappa shape index (κ1) is 23.8. The normalized spacial score (nSPS) is 14.0. The fourth-order valence-electron chi connectivity index (χ4n) is 5.06. The summed E-state index contributed by atoms with van der Waals surface area (Å²) >= 11 is 0. The van der Waals surface area contributed by atoms with Crippen LogP contribution in [0.3, 0.4) is 0 Å². The van der Waals surface area contributed by atoms with Gasteiger partial charge in [0.25, 0.3) is 0 Å². The van der Waals surface area contributed by atoms with Gasteiger partial charge in [0.1, 0.15) is 5.82 Å². The van der Waals surface area contributed by atoms with Crippen LogP contribution in [0.1, 0.15) is 43.5 Å². The van der Waals surface area contributed by atoms with E-state index >= 15 is 0 Å². The SMILES string of the molecule is Cc1cc2c(c(CCC(=O)N3CCCCCC3)n1)c(=O)cc(Nc1ccccc1)n2-c1ccccc1. The number of nitrogens with zero attached hydrogens (tertiary/aromatic N) is 3. The summed E-state index contributed by atoms with van der Waals surface area (Å²) in [6.45, 7) is 3.60. The molecule has 1 aliphatic rings. The molecule has 1 saturated heterocycles. The molecule has 0 unspecified atom stereocenters. The minimum Gasteiger partial charge on any atom is -0.343 e. The lowest BCUT2D eigenvalue weighted by Crippen LogP contribution is -2.32. The molecule has 1 N–H and O–H groups in total. The molecule has 6 nitrogen and oxygen atoms in total. The number of fused-ring (bicyclic) bond motifs is 1. The van der Waals surface area contributed by atoms with Gasteiger partial charge in [-0.25, -0.2) is 0 Å². The number of aryl methyl sites for hydroxylation is 2. The molecular formula is C30H32N4O2. The van der Waals surface area contributed by atoms with Gasteiger partial charge in [0, 0.05) is 42.6 Å². The largest absolute Gasteiger partial charge is 0.343 e. The Kier molecular flexibility index (Phi) is 7.12. The van der Waals surface area contributed by atoms with Gasteiger partial charge in [-0.15, -0.1) is 0 Å². The van der Waals surface area contributed by atoms with Crippen LogP contribution in [0, 0.1) is 6.92 Å². The van der Waals surface area contributed by atoms with E-state index in [-0.39, 0.29) is 11.3 Å². The summed E-state index contributed by atoms with van der Waals surface area (Å²) in [6.07, 6.45) is 5.31. The summed E-state index contributed by atoms with van der Waals surface area (Å²) < 4.78 is 2.07. The van der Waals surface area contributed by atoms with Gasteiger partial charge in [-0.3, -0.25) is 19.1 Å². The van der Waals surface area contributed by atoms with Crippen LogP contribution in [-0.4, -0.2) is 33.4 Å². The lowest BCUT2D eigenvalue weighted by atomic mass is 10.1. The third-order valence-corrected chi connectivity index (χ3v) is 6.79. The van der Waals surface area contributed by atoms with E-state index in [0.717, 1.165) is 48.5 Å². The molecule has 0 spiro atoms. The van der Waals surface area contributed by atoms with E-state index in [9.17, 15) is 9.59 Å². The minimum absolute atomic E-state index is 0.0969. The molecule has 2 aromatic carbocycles. The van der Waals surface area contributed by atoms with E-state index in [1.54, 1.807) is 6.07 Å². The first-order valence-corrected chi connectivity index (χ1v) is 12.8. The summed E-state index contributed by atoms with van der Waals surface area (Å²) in [4.78, 5) is 33.2. The van der Waals surface area contributed by atoms with E-state index in [1.165, 1.54) is 12.8 Å². The summed E-state index contributed by atoms with van der Waals surface area (Å²) in [7, 11) is 0. The van der Waals surface area contributed by atoms with Crippen LogP contribution in [0.25, 0.3) is 16.6 Å². The van der Waals surface area contributed by atoms with Crippen LogP contribution in [-0.2, 0) is 11.2 Å². The monoisotopic (exact) mass is 480 g/mol. The van der Waals surface area contributed by atoms with Crippen molar-refractivity contribution in [2.24, 2.45) is 0 Å².